The predicted octanol–water partition coefficient (Wildman–Crippen LogP) is 2.70. The topological polar surface area (TPSA) is 42.1 Å². The van der Waals surface area contributed by atoms with Crippen LogP contribution in [0.5, 0.6) is 0 Å². The first-order valence-corrected chi connectivity index (χ1v) is 8.64. The van der Waals surface area contributed by atoms with Gasteiger partial charge in [0, 0.05) is 38.9 Å². The van der Waals surface area contributed by atoms with E-state index < -0.39 is 0 Å². The van der Waals surface area contributed by atoms with E-state index in [9.17, 15) is 0 Å². The molecule has 26 heavy (non-hydrogen) atoms. The van der Waals surface area contributed by atoms with Crippen LogP contribution in [0.2, 0.25) is 0 Å². The molecule has 0 amide bonds. The van der Waals surface area contributed by atoms with Crippen LogP contribution < -0.4 is 0 Å². The molecule has 4 rings (SSSR count). The quantitative estimate of drug-likeness (QED) is 0.664. The highest BCUT2D eigenvalue weighted by molar-refractivity contribution is 5.85. The van der Waals surface area contributed by atoms with E-state index >= 15 is 0 Å². The maximum absolute atomic E-state index is 3.89. The van der Waals surface area contributed by atoms with E-state index in [2.05, 4.69) is 62.1 Å². The lowest BCUT2D eigenvalue weighted by Gasteiger charge is -2.32. The van der Waals surface area contributed by atoms with Gasteiger partial charge < -0.3 is 14.4 Å². The first-order chi connectivity index (χ1) is 11.8. The summed E-state index contributed by atoms with van der Waals surface area (Å²) < 4.78 is 4.31. The van der Waals surface area contributed by atoms with Crippen LogP contribution in [0.25, 0.3) is 16.6 Å². The second kappa shape index (κ2) is 9.37. The molecule has 1 aliphatic rings. The Hall–Kier alpha value is -1.60. The minimum absolute atomic E-state index is 0. The van der Waals surface area contributed by atoms with Gasteiger partial charge in [-0.25, -0.2) is 0 Å². The van der Waals surface area contributed by atoms with Gasteiger partial charge in [-0.3, -0.25) is 4.57 Å². The van der Waals surface area contributed by atoms with Crippen molar-refractivity contribution in [1.82, 2.24) is 29.1 Å². The van der Waals surface area contributed by atoms with Crippen LogP contribution in [0.15, 0.2) is 43.1 Å². The lowest BCUT2D eigenvalue weighted by Crippen LogP contribution is -2.44. The van der Waals surface area contributed by atoms with E-state index in [1.165, 1.54) is 50.0 Å². The summed E-state index contributed by atoms with van der Waals surface area (Å²) in [6, 6.07) is 8.69. The van der Waals surface area contributed by atoms with Gasteiger partial charge in [0.25, 0.3) is 0 Å². The normalized spacial score (nSPS) is 15.6. The third kappa shape index (κ3) is 4.57. The van der Waals surface area contributed by atoms with Gasteiger partial charge in [-0.15, -0.1) is 35.0 Å². The number of likely N-dealkylation sites (N-methyl/N-ethyl adjacent to an activating group) is 1. The zero-order valence-electron chi connectivity index (χ0n) is 15.0. The van der Waals surface area contributed by atoms with Crippen LogP contribution >= 0.6 is 24.8 Å². The fraction of sp³-hybridized carbons (Fsp3) is 0.444. The van der Waals surface area contributed by atoms with Gasteiger partial charge >= 0.3 is 0 Å². The average molecular weight is 397 g/mol. The molecule has 6 nitrogen and oxygen atoms in total. The molecule has 8 heteroatoms. The molecule has 142 valence electrons. The number of hydrogen-bond donors (Lipinski definition) is 0. The van der Waals surface area contributed by atoms with E-state index in [4.69, 9.17) is 0 Å². The highest BCUT2D eigenvalue weighted by Gasteiger charge is 2.13. The Balaban J connectivity index is 0.00000121. The van der Waals surface area contributed by atoms with Crippen molar-refractivity contribution < 1.29 is 0 Å². The fourth-order valence-corrected chi connectivity index (χ4v) is 3.40. The molecular weight excluding hydrogens is 371 g/mol. The SMILES string of the molecule is CN1CCN(CCCn2ccc3ccc(-n4cnnc4)cc32)CC1.Cl.Cl. The predicted molar refractivity (Wildman–Crippen MR) is 110 cm³/mol. The number of rotatable bonds is 5. The largest absolute Gasteiger partial charge is 0.347 e. The molecular formula is C18H26Cl2N6. The van der Waals surface area contributed by atoms with E-state index in [0.717, 1.165) is 12.2 Å². The Labute approximate surface area is 166 Å². The molecule has 0 saturated carbocycles. The molecule has 0 N–H and O–H groups in total. The van der Waals surface area contributed by atoms with Gasteiger partial charge in [0.1, 0.15) is 12.7 Å². The lowest BCUT2D eigenvalue weighted by atomic mass is 10.2. The zero-order chi connectivity index (χ0) is 16.4. The van der Waals surface area contributed by atoms with Crippen LogP contribution in [-0.2, 0) is 6.54 Å². The summed E-state index contributed by atoms with van der Waals surface area (Å²) in [5.41, 5.74) is 2.38. The molecule has 1 aliphatic heterocycles. The van der Waals surface area contributed by atoms with Crippen LogP contribution in [0.3, 0.4) is 0 Å². The van der Waals surface area contributed by atoms with Gasteiger partial charge in [0.2, 0.25) is 0 Å². The Bertz CT molecular complexity index is 793. The molecule has 2 aromatic heterocycles. The standard InChI is InChI=1S/C18H24N6.2ClH/c1-21-9-11-22(12-10-21)6-2-7-23-8-5-16-3-4-17(13-18(16)23)24-14-19-20-15-24;;/h3-5,8,13-15H,2,6-7,9-12H2,1H3;2*1H. The van der Waals surface area contributed by atoms with Crippen LogP contribution in [0.4, 0.5) is 0 Å². The highest BCUT2D eigenvalue weighted by Crippen LogP contribution is 2.20. The van der Waals surface area contributed by atoms with Crippen LogP contribution in [0, 0.1) is 0 Å². The van der Waals surface area contributed by atoms with Crippen molar-refractivity contribution in [3.63, 3.8) is 0 Å². The molecule has 0 spiro atoms. The number of aromatic nitrogens is 4. The van der Waals surface area contributed by atoms with E-state index in [1.807, 2.05) is 4.57 Å². The minimum atomic E-state index is 0. The smallest absolute Gasteiger partial charge is 0.123 e. The fourth-order valence-electron chi connectivity index (χ4n) is 3.40. The van der Waals surface area contributed by atoms with Crippen molar-refractivity contribution in [2.75, 3.05) is 39.8 Å². The molecule has 0 unspecified atom stereocenters. The summed E-state index contributed by atoms with van der Waals surface area (Å²) in [6.45, 7) is 7.00. The van der Waals surface area contributed by atoms with E-state index in [0.29, 0.717) is 0 Å². The summed E-state index contributed by atoms with van der Waals surface area (Å²) in [5.74, 6) is 0. The van der Waals surface area contributed by atoms with Crippen molar-refractivity contribution in [3.8, 4) is 5.69 Å². The summed E-state index contributed by atoms with van der Waals surface area (Å²) in [5, 5.41) is 9.07. The number of nitrogens with zero attached hydrogens (tertiary/aromatic N) is 6. The Morgan fingerprint density at radius 2 is 1.65 bits per heavy atom. The van der Waals surface area contributed by atoms with Crippen molar-refractivity contribution in [1.29, 1.82) is 0 Å². The van der Waals surface area contributed by atoms with E-state index in [1.54, 1.807) is 12.7 Å². The number of benzene rings is 1. The van der Waals surface area contributed by atoms with Crippen LogP contribution in [-0.4, -0.2) is 68.9 Å². The van der Waals surface area contributed by atoms with Crippen molar-refractivity contribution >= 4 is 35.7 Å². The molecule has 0 atom stereocenters. The van der Waals surface area contributed by atoms with Crippen molar-refractivity contribution in [2.45, 2.75) is 13.0 Å². The Morgan fingerprint density at radius 1 is 0.923 bits per heavy atom. The Kier molecular flexibility index (Phi) is 7.46. The second-order valence-electron chi connectivity index (χ2n) is 6.62. The molecule has 1 aromatic carbocycles. The maximum atomic E-state index is 3.89. The summed E-state index contributed by atoms with van der Waals surface area (Å²) in [7, 11) is 2.21. The first kappa shape index (κ1) is 20.7. The number of aryl methyl sites for hydroxylation is 1. The van der Waals surface area contributed by atoms with E-state index in [-0.39, 0.29) is 24.8 Å². The zero-order valence-corrected chi connectivity index (χ0v) is 16.6. The second-order valence-corrected chi connectivity index (χ2v) is 6.62. The minimum Gasteiger partial charge on any atom is -0.347 e. The van der Waals surface area contributed by atoms with Gasteiger partial charge in [-0.1, -0.05) is 6.07 Å². The summed E-state index contributed by atoms with van der Waals surface area (Å²) in [4.78, 5) is 4.98. The molecule has 0 aliphatic carbocycles. The molecule has 3 aromatic rings. The third-order valence-corrected chi connectivity index (χ3v) is 4.94. The van der Waals surface area contributed by atoms with Crippen LogP contribution in [0.1, 0.15) is 6.42 Å². The number of halogens is 2. The van der Waals surface area contributed by atoms with Gasteiger partial charge in [-0.2, -0.15) is 0 Å². The maximum Gasteiger partial charge on any atom is 0.123 e. The first-order valence-electron chi connectivity index (χ1n) is 8.64. The third-order valence-electron chi connectivity index (χ3n) is 4.94. The molecule has 3 heterocycles. The average Bonchev–Trinajstić information content (AvgIpc) is 3.26. The number of hydrogen-bond acceptors (Lipinski definition) is 4. The molecule has 1 fully saturated rings. The van der Waals surface area contributed by atoms with Gasteiger partial charge in [-0.05, 0) is 43.6 Å². The monoisotopic (exact) mass is 396 g/mol. The summed E-state index contributed by atoms with van der Waals surface area (Å²) in [6.07, 6.45) is 6.86. The summed E-state index contributed by atoms with van der Waals surface area (Å²) >= 11 is 0. The number of fused-ring (bicyclic) bond motifs is 1. The number of piperazine rings is 1. The van der Waals surface area contributed by atoms with Crippen molar-refractivity contribution in [2.24, 2.45) is 0 Å². The highest BCUT2D eigenvalue weighted by atomic mass is 35.5. The molecule has 1 saturated heterocycles. The van der Waals surface area contributed by atoms with Gasteiger partial charge in [0.05, 0.1) is 11.2 Å². The molecule has 0 radical (unpaired) electrons. The van der Waals surface area contributed by atoms with Crippen molar-refractivity contribution in [3.05, 3.63) is 43.1 Å². The lowest BCUT2D eigenvalue weighted by molar-refractivity contribution is 0.151. The Morgan fingerprint density at radius 3 is 2.38 bits per heavy atom. The molecule has 0 bridgehead atoms. The van der Waals surface area contributed by atoms with Gasteiger partial charge in [0.15, 0.2) is 0 Å².